The maximum atomic E-state index is 6.41. The zero-order chi connectivity index (χ0) is 16.9. The second kappa shape index (κ2) is 5.47. The first-order valence-corrected chi connectivity index (χ1v) is 8.87. The fourth-order valence-corrected chi connectivity index (χ4v) is 4.03. The summed E-state index contributed by atoms with van der Waals surface area (Å²) in [6.45, 7) is 8.53. The van der Waals surface area contributed by atoms with Gasteiger partial charge in [-0.2, -0.15) is 0 Å². The Morgan fingerprint density at radius 2 is 1.42 bits per heavy atom. The maximum Gasteiger partial charge on any atom is 0.462 e. The van der Waals surface area contributed by atoms with Gasteiger partial charge in [-0.3, -0.25) is 0 Å². The Labute approximate surface area is 145 Å². The molecule has 1 saturated heterocycles. The predicted octanol–water partition coefficient (Wildman–Crippen LogP) is 4.84. The van der Waals surface area contributed by atoms with Crippen LogP contribution in [0, 0.1) is 0 Å². The van der Waals surface area contributed by atoms with Crippen LogP contribution in [0.1, 0.15) is 50.3 Å². The van der Waals surface area contributed by atoms with Gasteiger partial charge in [0.2, 0.25) is 0 Å². The highest BCUT2D eigenvalue weighted by molar-refractivity contribution is 6.48. The van der Waals surface area contributed by atoms with E-state index in [0.29, 0.717) is 11.7 Å². The van der Waals surface area contributed by atoms with Crippen LogP contribution in [0.25, 0.3) is 0 Å². The van der Waals surface area contributed by atoms with Gasteiger partial charge in [-0.25, -0.2) is 0 Å². The van der Waals surface area contributed by atoms with Crippen molar-refractivity contribution in [1.82, 2.24) is 0 Å². The smallest absolute Gasteiger partial charge is 0.403 e. The molecule has 0 saturated carbocycles. The molecule has 124 valence electrons. The van der Waals surface area contributed by atoms with Gasteiger partial charge in [0.05, 0.1) is 11.2 Å². The lowest BCUT2D eigenvalue weighted by Gasteiger charge is -2.32. The second-order valence-corrected chi connectivity index (χ2v) is 8.08. The average Bonchev–Trinajstić information content (AvgIpc) is 3.03. The summed E-state index contributed by atoms with van der Waals surface area (Å²) in [7, 11) is -0.174. The molecule has 0 spiro atoms. The Hall–Kier alpha value is -1.58. The van der Waals surface area contributed by atoms with E-state index in [2.05, 4.69) is 82.3 Å². The van der Waals surface area contributed by atoms with E-state index in [0.717, 1.165) is 6.42 Å². The molecule has 1 unspecified atom stereocenters. The molecule has 2 nitrogen and oxygen atoms in total. The quantitative estimate of drug-likeness (QED) is 0.737. The Balaban J connectivity index is 1.74. The number of rotatable bonds is 2. The van der Waals surface area contributed by atoms with Crippen LogP contribution in [-0.4, -0.2) is 18.3 Å². The molecule has 24 heavy (non-hydrogen) atoms. The molecule has 0 radical (unpaired) electrons. The van der Waals surface area contributed by atoms with Gasteiger partial charge in [-0.05, 0) is 50.8 Å². The Morgan fingerprint density at radius 1 is 0.833 bits per heavy atom. The Kier molecular flexibility index (Phi) is 3.63. The molecule has 0 N–H and O–H groups in total. The molecule has 0 aromatic heterocycles. The molecule has 0 amide bonds. The molecular weight excluding hydrogens is 295 g/mol. The van der Waals surface area contributed by atoms with E-state index in [1.807, 2.05) is 0 Å². The molecule has 2 aliphatic rings. The number of benzene rings is 2. The molecule has 1 fully saturated rings. The van der Waals surface area contributed by atoms with Crippen LogP contribution in [0.3, 0.4) is 0 Å². The van der Waals surface area contributed by atoms with Crippen molar-refractivity contribution >= 4 is 7.12 Å². The second-order valence-electron chi connectivity index (χ2n) is 8.08. The molecule has 2 aromatic rings. The van der Waals surface area contributed by atoms with E-state index in [4.69, 9.17) is 9.31 Å². The monoisotopic (exact) mass is 320 g/mol. The normalized spacial score (nSPS) is 27.2. The highest BCUT2D eigenvalue weighted by Crippen LogP contribution is 2.51. The molecule has 4 rings (SSSR count). The molecular formula is C21H25BO2. The fourth-order valence-electron chi connectivity index (χ4n) is 4.03. The molecule has 0 bridgehead atoms. The van der Waals surface area contributed by atoms with E-state index < -0.39 is 0 Å². The first-order valence-electron chi connectivity index (χ1n) is 8.87. The van der Waals surface area contributed by atoms with Crippen LogP contribution >= 0.6 is 0 Å². The highest BCUT2D eigenvalue weighted by Gasteiger charge is 2.56. The summed E-state index contributed by atoms with van der Waals surface area (Å²) in [6, 6.07) is 19.6. The van der Waals surface area contributed by atoms with Gasteiger partial charge in [0.15, 0.2) is 0 Å². The minimum absolute atomic E-state index is 0.174. The lowest BCUT2D eigenvalue weighted by Crippen LogP contribution is -2.41. The number of fused-ring (bicyclic) bond motifs is 1. The molecule has 3 heteroatoms. The minimum atomic E-state index is -0.284. The zero-order valence-corrected chi connectivity index (χ0v) is 15.0. The minimum Gasteiger partial charge on any atom is -0.403 e. The maximum absolute atomic E-state index is 6.41. The molecule has 1 aliphatic carbocycles. The Morgan fingerprint density at radius 3 is 2.08 bits per heavy atom. The summed E-state index contributed by atoms with van der Waals surface area (Å²) in [6.07, 6.45) is 1.01. The molecule has 2 atom stereocenters. The zero-order valence-electron chi connectivity index (χ0n) is 15.0. The van der Waals surface area contributed by atoms with Gasteiger partial charge >= 0.3 is 7.12 Å². The Bertz CT molecular complexity index is 723. The summed E-state index contributed by atoms with van der Waals surface area (Å²) < 4.78 is 12.8. The van der Waals surface area contributed by atoms with Crippen molar-refractivity contribution < 1.29 is 9.31 Å². The third-order valence-corrected chi connectivity index (χ3v) is 6.05. The standard InChI is InChI=1S/C21H25BO2/c1-20(2)21(3,4)24-22(23-20)18-14-16-12-8-9-13-17(16)19(18)15-10-6-5-7-11-15/h5-13,18-19H,14H2,1-4H3/t18?,19-/m1/s1. The number of hydrogen-bond acceptors (Lipinski definition) is 2. The van der Waals surface area contributed by atoms with Crippen molar-refractivity contribution in [2.24, 2.45) is 0 Å². The summed E-state index contributed by atoms with van der Waals surface area (Å²) in [4.78, 5) is 0. The van der Waals surface area contributed by atoms with Crippen LogP contribution in [-0.2, 0) is 15.7 Å². The van der Waals surface area contributed by atoms with Crippen molar-refractivity contribution in [2.75, 3.05) is 0 Å². The van der Waals surface area contributed by atoms with Crippen molar-refractivity contribution in [1.29, 1.82) is 0 Å². The third kappa shape index (κ3) is 2.42. The van der Waals surface area contributed by atoms with Crippen molar-refractivity contribution in [3.8, 4) is 0 Å². The number of hydrogen-bond donors (Lipinski definition) is 0. The fraction of sp³-hybridized carbons (Fsp3) is 0.429. The predicted molar refractivity (Wildman–Crippen MR) is 98.3 cm³/mol. The molecule has 2 aromatic carbocycles. The lowest BCUT2D eigenvalue weighted by molar-refractivity contribution is 0.00578. The van der Waals surface area contributed by atoms with Crippen LogP contribution in [0.2, 0.25) is 5.82 Å². The first-order chi connectivity index (χ1) is 11.4. The molecule has 1 heterocycles. The first kappa shape index (κ1) is 15.9. The van der Waals surface area contributed by atoms with E-state index in [1.54, 1.807) is 0 Å². The summed E-state index contributed by atoms with van der Waals surface area (Å²) in [5.41, 5.74) is 3.62. The average molecular weight is 320 g/mol. The van der Waals surface area contributed by atoms with Gasteiger partial charge < -0.3 is 9.31 Å². The van der Waals surface area contributed by atoms with Crippen LogP contribution in [0.4, 0.5) is 0 Å². The van der Waals surface area contributed by atoms with Gasteiger partial charge in [0.1, 0.15) is 0 Å². The topological polar surface area (TPSA) is 18.5 Å². The SMILES string of the molecule is CC1(C)OB(C2Cc3ccccc3[C@H]2c2ccccc2)OC1(C)C. The third-order valence-electron chi connectivity index (χ3n) is 6.05. The van der Waals surface area contributed by atoms with Gasteiger partial charge in [0, 0.05) is 11.7 Å². The van der Waals surface area contributed by atoms with Crippen LogP contribution in [0.5, 0.6) is 0 Å². The van der Waals surface area contributed by atoms with Crippen molar-refractivity contribution in [2.45, 2.75) is 57.1 Å². The lowest BCUT2D eigenvalue weighted by atomic mass is 9.63. The highest BCUT2D eigenvalue weighted by atomic mass is 16.7. The van der Waals surface area contributed by atoms with E-state index in [1.165, 1.54) is 16.7 Å². The van der Waals surface area contributed by atoms with E-state index in [9.17, 15) is 0 Å². The van der Waals surface area contributed by atoms with Gasteiger partial charge in [-0.1, -0.05) is 54.6 Å². The summed E-state index contributed by atoms with van der Waals surface area (Å²) in [5, 5.41) is 0. The van der Waals surface area contributed by atoms with Crippen LogP contribution < -0.4 is 0 Å². The summed E-state index contributed by atoms with van der Waals surface area (Å²) >= 11 is 0. The van der Waals surface area contributed by atoms with E-state index in [-0.39, 0.29) is 18.3 Å². The van der Waals surface area contributed by atoms with Gasteiger partial charge in [-0.15, -0.1) is 0 Å². The van der Waals surface area contributed by atoms with Crippen molar-refractivity contribution in [3.63, 3.8) is 0 Å². The van der Waals surface area contributed by atoms with Gasteiger partial charge in [0.25, 0.3) is 0 Å². The largest absolute Gasteiger partial charge is 0.462 e. The summed E-state index contributed by atoms with van der Waals surface area (Å²) in [5.74, 6) is 0.642. The van der Waals surface area contributed by atoms with E-state index >= 15 is 0 Å². The van der Waals surface area contributed by atoms with Crippen molar-refractivity contribution in [3.05, 3.63) is 71.3 Å². The molecule has 1 aliphatic heterocycles. The van der Waals surface area contributed by atoms with Crippen LogP contribution in [0.15, 0.2) is 54.6 Å².